The van der Waals surface area contributed by atoms with Crippen LogP contribution in [-0.2, 0) is 9.53 Å². The molecular formula is C21H26N2O3. The quantitative estimate of drug-likeness (QED) is 0.776. The minimum Gasteiger partial charge on any atom is -0.449 e. The molecule has 0 aliphatic heterocycles. The van der Waals surface area contributed by atoms with Crippen molar-refractivity contribution in [2.24, 2.45) is 0 Å². The van der Waals surface area contributed by atoms with Gasteiger partial charge in [0.1, 0.15) is 0 Å². The van der Waals surface area contributed by atoms with Crippen molar-refractivity contribution in [1.29, 1.82) is 0 Å². The summed E-state index contributed by atoms with van der Waals surface area (Å²) in [5, 5.41) is 2.84. The van der Waals surface area contributed by atoms with Crippen LogP contribution in [0.1, 0.15) is 35.7 Å². The van der Waals surface area contributed by atoms with Crippen molar-refractivity contribution in [3.8, 4) is 0 Å². The Hall–Kier alpha value is -2.82. The minimum atomic E-state index is -0.848. The number of benzene rings is 2. The summed E-state index contributed by atoms with van der Waals surface area (Å²) in [4.78, 5) is 26.3. The van der Waals surface area contributed by atoms with E-state index in [1.54, 1.807) is 19.1 Å². The highest BCUT2D eigenvalue weighted by Crippen LogP contribution is 2.15. The Balaban J connectivity index is 1.85. The molecule has 2 aromatic carbocycles. The third-order valence-electron chi connectivity index (χ3n) is 4.22. The topological polar surface area (TPSA) is 58.6 Å². The Morgan fingerprint density at radius 2 is 1.62 bits per heavy atom. The summed E-state index contributed by atoms with van der Waals surface area (Å²) < 4.78 is 5.27. The van der Waals surface area contributed by atoms with Gasteiger partial charge in [-0.05, 0) is 42.7 Å². The Morgan fingerprint density at radius 1 is 1.00 bits per heavy atom. The van der Waals surface area contributed by atoms with Gasteiger partial charge in [0.25, 0.3) is 5.91 Å². The molecule has 2 aromatic rings. The molecule has 0 spiro atoms. The van der Waals surface area contributed by atoms with Crippen molar-refractivity contribution in [2.75, 3.05) is 25.5 Å². The maximum Gasteiger partial charge on any atom is 0.338 e. The van der Waals surface area contributed by atoms with Gasteiger partial charge in [-0.1, -0.05) is 37.3 Å². The lowest BCUT2D eigenvalue weighted by molar-refractivity contribution is -0.129. The van der Waals surface area contributed by atoms with E-state index < -0.39 is 12.1 Å². The van der Waals surface area contributed by atoms with Crippen LogP contribution in [0.25, 0.3) is 0 Å². The van der Waals surface area contributed by atoms with Crippen LogP contribution >= 0.6 is 0 Å². The number of esters is 1. The molecule has 0 aromatic heterocycles. The molecule has 138 valence electrons. The van der Waals surface area contributed by atoms with Crippen LogP contribution in [0.2, 0.25) is 0 Å². The summed E-state index contributed by atoms with van der Waals surface area (Å²) in [6.07, 6.45) is -0.848. The molecule has 0 saturated carbocycles. The highest BCUT2D eigenvalue weighted by Gasteiger charge is 2.19. The number of nitrogens with zero attached hydrogens (tertiary/aromatic N) is 1. The molecule has 2 atom stereocenters. The van der Waals surface area contributed by atoms with Crippen molar-refractivity contribution in [3.05, 3.63) is 65.7 Å². The van der Waals surface area contributed by atoms with E-state index in [1.807, 2.05) is 68.4 Å². The number of hydrogen-bond acceptors (Lipinski definition) is 4. The lowest BCUT2D eigenvalue weighted by atomic mass is 10.0. The van der Waals surface area contributed by atoms with Gasteiger partial charge in [0.05, 0.1) is 5.56 Å². The first-order valence-electron chi connectivity index (χ1n) is 8.69. The number of hydrogen-bond donors (Lipinski definition) is 1. The minimum absolute atomic E-state index is 0.182. The Labute approximate surface area is 155 Å². The van der Waals surface area contributed by atoms with Gasteiger partial charge in [-0.3, -0.25) is 4.79 Å². The first-order chi connectivity index (χ1) is 12.4. The molecule has 0 saturated heterocycles. The van der Waals surface area contributed by atoms with Crippen LogP contribution < -0.4 is 10.2 Å². The lowest BCUT2D eigenvalue weighted by Crippen LogP contribution is -2.37. The van der Waals surface area contributed by atoms with E-state index in [0.717, 1.165) is 11.3 Å². The van der Waals surface area contributed by atoms with E-state index in [2.05, 4.69) is 5.32 Å². The second-order valence-corrected chi connectivity index (χ2v) is 6.55. The van der Waals surface area contributed by atoms with E-state index >= 15 is 0 Å². The van der Waals surface area contributed by atoms with Crippen molar-refractivity contribution < 1.29 is 14.3 Å². The van der Waals surface area contributed by atoms with Gasteiger partial charge in [-0.15, -0.1) is 0 Å². The fourth-order valence-corrected chi connectivity index (χ4v) is 2.47. The van der Waals surface area contributed by atoms with Gasteiger partial charge in [-0.25, -0.2) is 4.79 Å². The summed E-state index contributed by atoms with van der Waals surface area (Å²) in [7, 11) is 3.85. The number of anilines is 1. The second kappa shape index (κ2) is 9.04. The first kappa shape index (κ1) is 19.5. The molecule has 0 unspecified atom stereocenters. The SMILES string of the molecule is C[C@H](CNC(=O)[C@@H](C)OC(=O)c1ccc(N(C)C)cc1)c1ccccc1. The second-order valence-electron chi connectivity index (χ2n) is 6.55. The standard InChI is InChI=1S/C21H26N2O3/c1-15(17-8-6-5-7-9-17)14-22-20(24)16(2)26-21(25)18-10-12-19(13-11-18)23(3)4/h5-13,15-16H,14H2,1-4H3,(H,22,24)/t15-,16-/m1/s1. The first-order valence-corrected chi connectivity index (χ1v) is 8.69. The van der Waals surface area contributed by atoms with Crippen LogP contribution in [0.5, 0.6) is 0 Å². The predicted molar refractivity (Wildman–Crippen MR) is 104 cm³/mol. The fraction of sp³-hybridized carbons (Fsp3) is 0.333. The van der Waals surface area contributed by atoms with Crippen molar-refractivity contribution in [1.82, 2.24) is 5.32 Å². The average molecular weight is 354 g/mol. The van der Waals surface area contributed by atoms with Crippen molar-refractivity contribution in [2.45, 2.75) is 25.9 Å². The Kier molecular flexibility index (Phi) is 6.78. The molecule has 0 aliphatic rings. The number of ether oxygens (including phenoxy) is 1. The van der Waals surface area contributed by atoms with Gasteiger partial charge in [-0.2, -0.15) is 0 Å². The third kappa shape index (κ3) is 5.34. The number of rotatable bonds is 7. The smallest absolute Gasteiger partial charge is 0.338 e. The molecular weight excluding hydrogens is 328 g/mol. The average Bonchev–Trinajstić information content (AvgIpc) is 2.66. The van der Waals surface area contributed by atoms with E-state index in [0.29, 0.717) is 12.1 Å². The molecule has 0 heterocycles. The van der Waals surface area contributed by atoms with Crippen LogP contribution in [0.15, 0.2) is 54.6 Å². The zero-order valence-corrected chi connectivity index (χ0v) is 15.7. The Morgan fingerprint density at radius 3 is 2.19 bits per heavy atom. The summed E-state index contributed by atoms with van der Waals surface area (Å²) in [6, 6.07) is 17.0. The molecule has 1 amide bonds. The van der Waals surface area contributed by atoms with Crippen LogP contribution in [0, 0.1) is 0 Å². The predicted octanol–water partition coefficient (Wildman–Crippen LogP) is 3.22. The van der Waals surface area contributed by atoms with E-state index in [9.17, 15) is 9.59 Å². The fourth-order valence-electron chi connectivity index (χ4n) is 2.47. The number of nitrogens with one attached hydrogen (secondary N) is 1. The number of amides is 1. The lowest BCUT2D eigenvalue weighted by Gasteiger charge is -2.17. The summed E-state index contributed by atoms with van der Waals surface area (Å²) in [5.41, 5.74) is 2.56. The molecule has 0 bridgehead atoms. The molecule has 26 heavy (non-hydrogen) atoms. The highest BCUT2D eigenvalue weighted by molar-refractivity contribution is 5.92. The van der Waals surface area contributed by atoms with Crippen LogP contribution in [0.4, 0.5) is 5.69 Å². The molecule has 1 N–H and O–H groups in total. The summed E-state index contributed by atoms with van der Waals surface area (Å²) >= 11 is 0. The van der Waals surface area contributed by atoms with E-state index in [-0.39, 0.29) is 11.8 Å². The van der Waals surface area contributed by atoms with Crippen molar-refractivity contribution in [3.63, 3.8) is 0 Å². The molecule has 5 nitrogen and oxygen atoms in total. The molecule has 5 heteroatoms. The van der Waals surface area contributed by atoms with Gasteiger partial charge >= 0.3 is 5.97 Å². The maximum absolute atomic E-state index is 12.2. The van der Waals surface area contributed by atoms with E-state index in [1.165, 1.54) is 0 Å². The third-order valence-corrected chi connectivity index (χ3v) is 4.22. The summed E-state index contributed by atoms with van der Waals surface area (Å²) in [6.45, 7) is 4.11. The van der Waals surface area contributed by atoms with Crippen molar-refractivity contribution >= 4 is 17.6 Å². The Bertz CT molecular complexity index is 727. The monoisotopic (exact) mass is 354 g/mol. The molecule has 0 fully saturated rings. The molecule has 0 radical (unpaired) electrons. The number of carbonyl (C=O) groups excluding carboxylic acids is 2. The van der Waals surface area contributed by atoms with Gasteiger partial charge in [0, 0.05) is 26.3 Å². The highest BCUT2D eigenvalue weighted by atomic mass is 16.5. The van der Waals surface area contributed by atoms with E-state index in [4.69, 9.17) is 4.74 Å². The van der Waals surface area contributed by atoms with Gasteiger partial charge < -0.3 is 15.0 Å². The van der Waals surface area contributed by atoms with Crippen LogP contribution in [-0.4, -0.2) is 38.6 Å². The zero-order chi connectivity index (χ0) is 19.1. The molecule has 2 rings (SSSR count). The van der Waals surface area contributed by atoms with Crippen LogP contribution in [0.3, 0.4) is 0 Å². The van der Waals surface area contributed by atoms with Gasteiger partial charge in [0.15, 0.2) is 6.10 Å². The largest absolute Gasteiger partial charge is 0.449 e. The maximum atomic E-state index is 12.2. The number of carbonyl (C=O) groups is 2. The van der Waals surface area contributed by atoms with Gasteiger partial charge in [0.2, 0.25) is 0 Å². The zero-order valence-electron chi connectivity index (χ0n) is 15.7. The summed E-state index contributed by atoms with van der Waals surface area (Å²) in [5.74, 6) is -0.623. The normalized spacial score (nSPS) is 12.8. The molecule has 0 aliphatic carbocycles.